The van der Waals surface area contributed by atoms with Crippen LogP contribution in [0.15, 0.2) is 12.1 Å². The van der Waals surface area contributed by atoms with E-state index in [-0.39, 0.29) is 0 Å². The molecule has 1 radical (unpaired) electrons. The Morgan fingerprint density at radius 2 is 2.20 bits per heavy atom. The number of rotatable bonds is 2. The molecule has 0 N–H and O–H groups in total. The first-order valence-electron chi connectivity index (χ1n) is 3.10. The standard InChI is InChI=1S/C7H8ClN2/c1-2-3-6-4-5-7(8)10-9-6/h4-5H,1-3H2. The Hall–Kier alpha value is -0.630. The predicted octanol–water partition coefficient (Wildman–Crippen LogP) is 1.90. The number of hydrogen-bond acceptors (Lipinski definition) is 2. The summed E-state index contributed by atoms with van der Waals surface area (Å²) in [5.41, 5.74) is 0.944. The zero-order chi connectivity index (χ0) is 7.40. The van der Waals surface area contributed by atoms with Crippen molar-refractivity contribution >= 4 is 11.6 Å². The van der Waals surface area contributed by atoms with Crippen molar-refractivity contribution in [1.82, 2.24) is 10.2 Å². The third-order valence-corrected chi connectivity index (χ3v) is 1.32. The van der Waals surface area contributed by atoms with E-state index in [9.17, 15) is 0 Å². The molecule has 1 aromatic rings. The quantitative estimate of drug-likeness (QED) is 0.652. The second-order valence-electron chi connectivity index (χ2n) is 1.95. The Kier molecular flexibility index (Phi) is 2.63. The van der Waals surface area contributed by atoms with Gasteiger partial charge in [-0.15, -0.1) is 5.10 Å². The normalized spacial score (nSPS) is 9.80. The number of halogens is 1. The van der Waals surface area contributed by atoms with Crippen molar-refractivity contribution in [3.05, 3.63) is 29.9 Å². The topological polar surface area (TPSA) is 25.8 Å². The summed E-state index contributed by atoms with van der Waals surface area (Å²) >= 11 is 5.52. The third kappa shape index (κ3) is 1.95. The first kappa shape index (κ1) is 7.48. The Bertz CT molecular complexity index is 195. The third-order valence-electron chi connectivity index (χ3n) is 1.12. The van der Waals surface area contributed by atoms with E-state index in [4.69, 9.17) is 11.6 Å². The van der Waals surface area contributed by atoms with E-state index in [0.717, 1.165) is 18.5 Å². The molecule has 0 aromatic carbocycles. The molecule has 10 heavy (non-hydrogen) atoms. The Balaban J connectivity index is 2.69. The van der Waals surface area contributed by atoms with Crippen molar-refractivity contribution in [2.75, 3.05) is 0 Å². The summed E-state index contributed by atoms with van der Waals surface area (Å²) in [6, 6.07) is 3.60. The fourth-order valence-corrected chi connectivity index (χ4v) is 0.759. The monoisotopic (exact) mass is 155 g/mol. The van der Waals surface area contributed by atoms with Gasteiger partial charge < -0.3 is 0 Å². The SMILES string of the molecule is [CH2]CCc1ccc(Cl)nn1. The lowest BCUT2D eigenvalue weighted by atomic mass is 10.2. The minimum Gasteiger partial charge on any atom is -0.154 e. The minimum atomic E-state index is 0.438. The summed E-state index contributed by atoms with van der Waals surface area (Å²) in [4.78, 5) is 0. The van der Waals surface area contributed by atoms with Gasteiger partial charge in [-0.05, 0) is 25.0 Å². The molecule has 0 aliphatic rings. The summed E-state index contributed by atoms with van der Waals surface area (Å²) < 4.78 is 0. The summed E-state index contributed by atoms with van der Waals surface area (Å²) in [6.45, 7) is 3.70. The van der Waals surface area contributed by atoms with E-state index < -0.39 is 0 Å². The molecule has 1 heterocycles. The van der Waals surface area contributed by atoms with E-state index in [1.54, 1.807) is 6.07 Å². The van der Waals surface area contributed by atoms with Crippen molar-refractivity contribution < 1.29 is 0 Å². The van der Waals surface area contributed by atoms with Crippen LogP contribution in [0.3, 0.4) is 0 Å². The molecule has 0 aliphatic heterocycles. The molecule has 0 spiro atoms. The highest BCUT2D eigenvalue weighted by molar-refractivity contribution is 6.29. The lowest BCUT2D eigenvalue weighted by Gasteiger charge is -1.93. The van der Waals surface area contributed by atoms with Crippen LogP contribution in [-0.2, 0) is 6.42 Å². The van der Waals surface area contributed by atoms with Crippen LogP contribution in [-0.4, -0.2) is 10.2 Å². The summed E-state index contributed by atoms with van der Waals surface area (Å²) in [6.07, 6.45) is 1.71. The maximum atomic E-state index is 5.52. The fraction of sp³-hybridized carbons (Fsp3) is 0.286. The highest BCUT2D eigenvalue weighted by atomic mass is 35.5. The van der Waals surface area contributed by atoms with Crippen LogP contribution in [0.2, 0.25) is 5.15 Å². The summed E-state index contributed by atoms with van der Waals surface area (Å²) in [5.74, 6) is 0. The Labute approximate surface area is 65.2 Å². The lowest BCUT2D eigenvalue weighted by Crippen LogP contribution is -1.90. The zero-order valence-electron chi connectivity index (χ0n) is 5.55. The second kappa shape index (κ2) is 3.52. The number of hydrogen-bond donors (Lipinski definition) is 0. The van der Waals surface area contributed by atoms with Crippen LogP contribution in [0.4, 0.5) is 0 Å². The molecule has 0 fully saturated rings. The number of aryl methyl sites for hydroxylation is 1. The van der Waals surface area contributed by atoms with Crippen molar-refractivity contribution in [1.29, 1.82) is 0 Å². The first-order valence-corrected chi connectivity index (χ1v) is 3.48. The molecule has 3 heteroatoms. The zero-order valence-corrected chi connectivity index (χ0v) is 6.30. The second-order valence-corrected chi connectivity index (χ2v) is 2.34. The van der Waals surface area contributed by atoms with Gasteiger partial charge in [0.05, 0.1) is 5.69 Å². The lowest BCUT2D eigenvalue weighted by molar-refractivity contribution is 0.874. The van der Waals surface area contributed by atoms with Crippen molar-refractivity contribution in [2.24, 2.45) is 0 Å². The van der Waals surface area contributed by atoms with E-state index in [1.165, 1.54) is 0 Å². The van der Waals surface area contributed by atoms with Crippen LogP contribution >= 0.6 is 11.6 Å². The molecule has 0 saturated carbocycles. The van der Waals surface area contributed by atoms with Gasteiger partial charge in [0.2, 0.25) is 0 Å². The van der Waals surface area contributed by atoms with Crippen LogP contribution < -0.4 is 0 Å². The van der Waals surface area contributed by atoms with Crippen molar-refractivity contribution in [3.8, 4) is 0 Å². The van der Waals surface area contributed by atoms with Gasteiger partial charge in [-0.2, -0.15) is 5.10 Å². The average Bonchev–Trinajstić information content (AvgIpc) is 1.95. The maximum absolute atomic E-state index is 5.52. The van der Waals surface area contributed by atoms with Gasteiger partial charge >= 0.3 is 0 Å². The molecule has 2 nitrogen and oxygen atoms in total. The van der Waals surface area contributed by atoms with Crippen molar-refractivity contribution in [2.45, 2.75) is 12.8 Å². The molecule has 0 bridgehead atoms. The van der Waals surface area contributed by atoms with Crippen LogP contribution in [0, 0.1) is 6.92 Å². The molecule has 1 aromatic heterocycles. The molecule has 1 rings (SSSR count). The molecule has 0 aliphatic carbocycles. The largest absolute Gasteiger partial charge is 0.154 e. The predicted molar refractivity (Wildman–Crippen MR) is 40.7 cm³/mol. The molecule has 53 valence electrons. The Morgan fingerprint density at radius 1 is 1.40 bits per heavy atom. The molecule has 0 saturated heterocycles. The van der Waals surface area contributed by atoms with E-state index in [1.807, 2.05) is 6.07 Å². The first-order chi connectivity index (χ1) is 4.83. The summed E-state index contributed by atoms with van der Waals surface area (Å²) in [7, 11) is 0. The van der Waals surface area contributed by atoms with E-state index >= 15 is 0 Å². The van der Waals surface area contributed by atoms with Gasteiger partial charge in [0.1, 0.15) is 0 Å². The van der Waals surface area contributed by atoms with Gasteiger partial charge in [-0.1, -0.05) is 18.5 Å². The minimum absolute atomic E-state index is 0.438. The molecule has 0 amide bonds. The smallest absolute Gasteiger partial charge is 0.151 e. The fourth-order valence-electron chi connectivity index (χ4n) is 0.658. The van der Waals surface area contributed by atoms with Crippen LogP contribution in [0.5, 0.6) is 0 Å². The number of nitrogens with zero attached hydrogens (tertiary/aromatic N) is 2. The summed E-state index contributed by atoms with van der Waals surface area (Å²) in [5, 5.41) is 7.97. The highest BCUT2D eigenvalue weighted by Gasteiger charge is 1.92. The van der Waals surface area contributed by atoms with Gasteiger partial charge in [0.15, 0.2) is 5.15 Å². The van der Waals surface area contributed by atoms with Gasteiger partial charge in [-0.3, -0.25) is 0 Å². The molecule has 0 atom stereocenters. The van der Waals surface area contributed by atoms with E-state index in [2.05, 4.69) is 17.1 Å². The van der Waals surface area contributed by atoms with Gasteiger partial charge in [0, 0.05) is 0 Å². The van der Waals surface area contributed by atoms with Gasteiger partial charge in [-0.25, -0.2) is 0 Å². The molecular formula is C7H8ClN2. The van der Waals surface area contributed by atoms with Gasteiger partial charge in [0.25, 0.3) is 0 Å². The highest BCUT2D eigenvalue weighted by Crippen LogP contribution is 2.03. The average molecular weight is 156 g/mol. The maximum Gasteiger partial charge on any atom is 0.151 e. The van der Waals surface area contributed by atoms with Crippen LogP contribution in [0.1, 0.15) is 12.1 Å². The van der Waals surface area contributed by atoms with Crippen molar-refractivity contribution in [3.63, 3.8) is 0 Å². The molecular weight excluding hydrogens is 148 g/mol. The van der Waals surface area contributed by atoms with Crippen LogP contribution in [0.25, 0.3) is 0 Å². The Morgan fingerprint density at radius 3 is 2.70 bits per heavy atom. The number of aromatic nitrogens is 2. The van der Waals surface area contributed by atoms with E-state index in [0.29, 0.717) is 5.15 Å². The molecule has 0 unspecified atom stereocenters.